The first kappa shape index (κ1) is 22.9. The van der Waals surface area contributed by atoms with Crippen molar-refractivity contribution in [2.45, 2.75) is 40.0 Å². The first-order valence-electron chi connectivity index (χ1n) is 11.2. The van der Waals surface area contributed by atoms with Crippen molar-refractivity contribution < 1.29 is 4.79 Å². The number of likely N-dealkylation sites (N-methyl/N-ethyl adjacent to an activating group) is 1. The van der Waals surface area contributed by atoms with Crippen molar-refractivity contribution in [1.82, 2.24) is 25.3 Å². The molecule has 162 valence electrons. The summed E-state index contributed by atoms with van der Waals surface area (Å²) in [6, 6.07) is 0. The summed E-state index contributed by atoms with van der Waals surface area (Å²) in [6.07, 6.45) is 2.78. The van der Waals surface area contributed by atoms with E-state index < -0.39 is 0 Å². The van der Waals surface area contributed by atoms with Gasteiger partial charge in [-0.2, -0.15) is 0 Å². The zero-order chi connectivity index (χ0) is 20.4. The fourth-order valence-electron chi connectivity index (χ4n) is 4.17. The SMILES string of the molecule is CCNC(=NCC(C)CN1CCN(CC)CC1)N1CCC(CC(=O)NC)CC1. The molecule has 0 aromatic rings. The van der Waals surface area contributed by atoms with E-state index in [-0.39, 0.29) is 5.91 Å². The predicted octanol–water partition coefficient (Wildman–Crippen LogP) is 1.07. The van der Waals surface area contributed by atoms with Crippen LogP contribution < -0.4 is 10.6 Å². The minimum atomic E-state index is 0.160. The van der Waals surface area contributed by atoms with Crippen molar-refractivity contribution in [2.75, 3.05) is 72.5 Å². The monoisotopic (exact) mass is 394 g/mol. The van der Waals surface area contributed by atoms with Crippen LogP contribution in [0.1, 0.15) is 40.0 Å². The Bertz CT molecular complexity index is 481. The maximum atomic E-state index is 11.6. The molecule has 0 radical (unpaired) electrons. The Morgan fingerprint density at radius 1 is 1.07 bits per heavy atom. The molecule has 1 unspecified atom stereocenters. The van der Waals surface area contributed by atoms with E-state index in [9.17, 15) is 4.79 Å². The van der Waals surface area contributed by atoms with Gasteiger partial charge < -0.3 is 25.3 Å². The third-order valence-corrected chi connectivity index (χ3v) is 6.04. The molecule has 2 saturated heterocycles. The molecule has 0 spiro atoms. The molecule has 7 nitrogen and oxygen atoms in total. The van der Waals surface area contributed by atoms with Crippen LogP contribution in [0, 0.1) is 11.8 Å². The number of piperazine rings is 1. The van der Waals surface area contributed by atoms with E-state index in [1.165, 1.54) is 32.7 Å². The van der Waals surface area contributed by atoms with Crippen LogP contribution in [0.5, 0.6) is 0 Å². The molecule has 2 rings (SSSR count). The maximum absolute atomic E-state index is 11.6. The summed E-state index contributed by atoms with van der Waals surface area (Å²) in [7, 11) is 1.72. The number of hydrogen-bond acceptors (Lipinski definition) is 4. The molecule has 0 saturated carbocycles. The van der Waals surface area contributed by atoms with Crippen molar-refractivity contribution >= 4 is 11.9 Å². The number of piperidine rings is 1. The zero-order valence-electron chi connectivity index (χ0n) is 18.5. The lowest BCUT2D eigenvalue weighted by atomic mass is 9.93. The van der Waals surface area contributed by atoms with E-state index in [0.717, 1.165) is 51.5 Å². The van der Waals surface area contributed by atoms with Gasteiger partial charge in [-0.3, -0.25) is 9.79 Å². The minimum absolute atomic E-state index is 0.160. The second-order valence-corrected chi connectivity index (χ2v) is 8.34. The Morgan fingerprint density at radius 2 is 1.71 bits per heavy atom. The smallest absolute Gasteiger partial charge is 0.220 e. The quantitative estimate of drug-likeness (QED) is 0.476. The molecule has 2 heterocycles. The van der Waals surface area contributed by atoms with Gasteiger partial charge in [0.15, 0.2) is 5.96 Å². The summed E-state index contributed by atoms with van der Waals surface area (Å²) in [6.45, 7) is 17.5. The number of aliphatic imine (C=N–C) groups is 1. The molecule has 7 heteroatoms. The number of guanidine groups is 1. The van der Waals surface area contributed by atoms with Gasteiger partial charge in [0.1, 0.15) is 0 Å². The fraction of sp³-hybridized carbons (Fsp3) is 0.905. The van der Waals surface area contributed by atoms with Crippen molar-refractivity contribution in [3.8, 4) is 0 Å². The van der Waals surface area contributed by atoms with Crippen LogP contribution in [-0.4, -0.2) is 99.1 Å². The van der Waals surface area contributed by atoms with Gasteiger partial charge in [-0.25, -0.2) is 0 Å². The van der Waals surface area contributed by atoms with Crippen molar-refractivity contribution in [3.63, 3.8) is 0 Å². The third kappa shape index (κ3) is 7.59. The van der Waals surface area contributed by atoms with Gasteiger partial charge in [0, 0.05) is 72.4 Å². The molecule has 1 atom stereocenters. The van der Waals surface area contributed by atoms with E-state index >= 15 is 0 Å². The van der Waals surface area contributed by atoms with Gasteiger partial charge in [-0.15, -0.1) is 0 Å². The summed E-state index contributed by atoms with van der Waals surface area (Å²) >= 11 is 0. The van der Waals surface area contributed by atoms with E-state index in [1.807, 2.05) is 0 Å². The number of nitrogens with zero attached hydrogens (tertiary/aromatic N) is 4. The summed E-state index contributed by atoms with van der Waals surface area (Å²) < 4.78 is 0. The van der Waals surface area contributed by atoms with E-state index in [0.29, 0.717) is 18.3 Å². The summed E-state index contributed by atoms with van der Waals surface area (Å²) in [4.78, 5) is 24.0. The van der Waals surface area contributed by atoms with Gasteiger partial charge in [0.05, 0.1) is 0 Å². The molecule has 0 aromatic heterocycles. The van der Waals surface area contributed by atoms with Crippen LogP contribution in [0.3, 0.4) is 0 Å². The highest BCUT2D eigenvalue weighted by Gasteiger charge is 2.23. The average molecular weight is 395 g/mol. The average Bonchev–Trinajstić information content (AvgIpc) is 2.72. The zero-order valence-corrected chi connectivity index (χ0v) is 18.5. The Kier molecular flexibility index (Phi) is 10.1. The molecular weight excluding hydrogens is 352 g/mol. The molecule has 1 amide bonds. The Hall–Kier alpha value is -1.34. The Labute approximate surface area is 171 Å². The van der Waals surface area contributed by atoms with Crippen LogP contribution in [-0.2, 0) is 4.79 Å². The van der Waals surface area contributed by atoms with Crippen LogP contribution in [0.4, 0.5) is 0 Å². The molecule has 2 fully saturated rings. The Morgan fingerprint density at radius 3 is 2.29 bits per heavy atom. The van der Waals surface area contributed by atoms with Crippen LogP contribution in [0.2, 0.25) is 0 Å². The number of hydrogen-bond donors (Lipinski definition) is 2. The van der Waals surface area contributed by atoms with Crippen molar-refractivity contribution in [3.05, 3.63) is 0 Å². The second-order valence-electron chi connectivity index (χ2n) is 8.34. The van der Waals surface area contributed by atoms with Gasteiger partial charge in [-0.1, -0.05) is 13.8 Å². The lowest BCUT2D eigenvalue weighted by Crippen LogP contribution is -2.48. The van der Waals surface area contributed by atoms with Crippen LogP contribution in [0.25, 0.3) is 0 Å². The second kappa shape index (κ2) is 12.3. The molecule has 2 aliphatic rings. The topological polar surface area (TPSA) is 63.2 Å². The highest BCUT2D eigenvalue weighted by molar-refractivity contribution is 5.80. The number of rotatable bonds is 8. The van der Waals surface area contributed by atoms with Gasteiger partial charge in [-0.05, 0) is 38.1 Å². The normalized spacial score (nSPS) is 21.6. The first-order chi connectivity index (χ1) is 13.5. The summed E-state index contributed by atoms with van der Waals surface area (Å²) in [5.41, 5.74) is 0. The number of likely N-dealkylation sites (tertiary alicyclic amines) is 1. The molecule has 28 heavy (non-hydrogen) atoms. The lowest BCUT2D eigenvalue weighted by Gasteiger charge is -2.35. The van der Waals surface area contributed by atoms with Gasteiger partial charge in [0.25, 0.3) is 0 Å². The third-order valence-electron chi connectivity index (χ3n) is 6.04. The van der Waals surface area contributed by atoms with E-state index in [1.54, 1.807) is 7.05 Å². The van der Waals surface area contributed by atoms with Crippen molar-refractivity contribution in [1.29, 1.82) is 0 Å². The minimum Gasteiger partial charge on any atom is -0.359 e. The standard InChI is InChI=1S/C21H42N6O/c1-5-23-21(27-9-7-19(8-10-27)15-20(28)22-4)24-16-18(3)17-26-13-11-25(6-2)12-14-26/h18-19H,5-17H2,1-4H3,(H,22,28)(H,23,24). The number of nitrogens with one attached hydrogen (secondary N) is 2. The van der Waals surface area contributed by atoms with Gasteiger partial charge >= 0.3 is 0 Å². The van der Waals surface area contributed by atoms with Crippen molar-refractivity contribution in [2.24, 2.45) is 16.8 Å². The maximum Gasteiger partial charge on any atom is 0.220 e. The summed E-state index contributed by atoms with van der Waals surface area (Å²) in [5.74, 6) is 2.27. The number of amides is 1. The summed E-state index contributed by atoms with van der Waals surface area (Å²) in [5, 5.41) is 6.21. The lowest BCUT2D eigenvalue weighted by molar-refractivity contribution is -0.121. The molecule has 2 N–H and O–H groups in total. The largest absolute Gasteiger partial charge is 0.359 e. The Balaban J connectivity index is 1.77. The molecule has 0 bridgehead atoms. The molecule has 0 aliphatic carbocycles. The van der Waals surface area contributed by atoms with Gasteiger partial charge in [0.2, 0.25) is 5.91 Å². The number of carbonyl (C=O) groups is 1. The first-order valence-corrected chi connectivity index (χ1v) is 11.2. The number of carbonyl (C=O) groups excluding carboxylic acids is 1. The van der Waals surface area contributed by atoms with E-state index in [2.05, 4.69) is 46.1 Å². The molecule has 2 aliphatic heterocycles. The highest BCUT2D eigenvalue weighted by atomic mass is 16.1. The van der Waals surface area contributed by atoms with Crippen LogP contribution >= 0.6 is 0 Å². The molecule has 0 aromatic carbocycles. The fourth-order valence-corrected chi connectivity index (χ4v) is 4.17. The highest BCUT2D eigenvalue weighted by Crippen LogP contribution is 2.20. The molecular formula is C21H42N6O. The predicted molar refractivity (Wildman–Crippen MR) is 117 cm³/mol. The van der Waals surface area contributed by atoms with Crippen LogP contribution in [0.15, 0.2) is 4.99 Å². The van der Waals surface area contributed by atoms with E-state index in [4.69, 9.17) is 4.99 Å².